The highest BCUT2D eigenvalue weighted by molar-refractivity contribution is 9.10. The van der Waals surface area contributed by atoms with Crippen LogP contribution in [0.2, 0.25) is 0 Å². The van der Waals surface area contributed by atoms with Crippen molar-refractivity contribution in [3.63, 3.8) is 0 Å². The minimum absolute atomic E-state index is 0.110. The average molecular weight is 463 g/mol. The maximum Gasteiger partial charge on any atom is 0.263 e. The van der Waals surface area contributed by atoms with Crippen molar-refractivity contribution < 1.29 is 18.8 Å². The molecule has 0 radical (unpaired) electrons. The molecule has 3 rings (SSSR count). The normalized spacial score (nSPS) is 16.0. The molecule has 0 aromatic heterocycles. The molecule has 1 saturated heterocycles. The third-order valence-electron chi connectivity index (χ3n) is 4.52. The number of rotatable bonds is 5. The molecular formula is C20H20BrFN4O3. The fraction of sp³-hybridized carbons (Fsp3) is 0.250. The van der Waals surface area contributed by atoms with Crippen molar-refractivity contribution in [3.8, 4) is 0 Å². The second kappa shape index (κ2) is 9.15. The second-order valence-electron chi connectivity index (χ2n) is 6.47. The number of hydrogen-bond acceptors (Lipinski definition) is 4. The van der Waals surface area contributed by atoms with E-state index in [0.717, 1.165) is 10.5 Å². The van der Waals surface area contributed by atoms with E-state index in [-0.39, 0.29) is 37.6 Å². The maximum atomic E-state index is 13.6. The van der Waals surface area contributed by atoms with Crippen LogP contribution in [0, 0.1) is 5.82 Å². The highest BCUT2D eigenvalue weighted by Gasteiger charge is 2.43. The van der Waals surface area contributed by atoms with Crippen LogP contribution in [0.1, 0.15) is 20.7 Å². The third-order valence-corrected chi connectivity index (χ3v) is 5.01. The van der Waals surface area contributed by atoms with Crippen molar-refractivity contribution >= 4 is 33.7 Å². The molecule has 1 aliphatic heterocycles. The SMILES string of the molecule is NCCNC(=O)C1N(C(=O)c2cccc(F)c2)CCN1C(=O)c1cccc(Br)c1. The Kier molecular flexibility index (Phi) is 6.60. The number of carbonyl (C=O) groups is 3. The zero-order chi connectivity index (χ0) is 21.0. The largest absolute Gasteiger partial charge is 0.351 e. The van der Waals surface area contributed by atoms with Gasteiger partial charge in [-0.25, -0.2) is 4.39 Å². The molecule has 0 bridgehead atoms. The van der Waals surface area contributed by atoms with Crippen LogP contribution in [0.5, 0.6) is 0 Å². The van der Waals surface area contributed by atoms with Gasteiger partial charge in [-0.3, -0.25) is 14.4 Å². The van der Waals surface area contributed by atoms with Crippen molar-refractivity contribution in [3.05, 3.63) is 69.9 Å². The Balaban J connectivity index is 1.91. The molecule has 0 aliphatic carbocycles. The quantitative estimate of drug-likeness (QED) is 0.704. The molecule has 1 atom stereocenters. The summed E-state index contributed by atoms with van der Waals surface area (Å²) in [4.78, 5) is 41.4. The number of halogens is 2. The van der Waals surface area contributed by atoms with Gasteiger partial charge in [0, 0.05) is 41.8 Å². The molecule has 0 spiro atoms. The van der Waals surface area contributed by atoms with Gasteiger partial charge in [0.25, 0.3) is 17.7 Å². The summed E-state index contributed by atoms with van der Waals surface area (Å²) in [7, 11) is 0. The van der Waals surface area contributed by atoms with Gasteiger partial charge in [-0.15, -0.1) is 0 Å². The summed E-state index contributed by atoms with van der Waals surface area (Å²) < 4.78 is 14.3. The first kappa shape index (κ1) is 20.9. The molecular weight excluding hydrogens is 443 g/mol. The molecule has 7 nitrogen and oxygen atoms in total. The molecule has 29 heavy (non-hydrogen) atoms. The van der Waals surface area contributed by atoms with E-state index < -0.39 is 23.8 Å². The minimum Gasteiger partial charge on any atom is -0.351 e. The minimum atomic E-state index is -1.15. The predicted octanol–water partition coefficient (Wildman–Crippen LogP) is 1.59. The molecule has 1 unspecified atom stereocenters. The van der Waals surface area contributed by atoms with E-state index in [2.05, 4.69) is 21.2 Å². The summed E-state index contributed by atoms with van der Waals surface area (Å²) in [5.74, 6) is -1.97. The number of nitrogens with one attached hydrogen (secondary N) is 1. The molecule has 3 amide bonds. The number of amides is 3. The van der Waals surface area contributed by atoms with E-state index >= 15 is 0 Å². The van der Waals surface area contributed by atoms with E-state index in [9.17, 15) is 18.8 Å². The van der Waals surface area contributed by atoms with Crippen molar-refractivity contribution in [1.82, 2.24) is 15.1 Å². The van der Waals surface area contributed by atoms with Gasteiger partial charge < -0.3 is 20.9 Å². The fourth-order valence-corrected chi connectivity index (χ4v) is 3.60. The van der Waals surface area contributed by atoms with Crippen molar-refractivity contribution in [2.24, 2.45) is 5.73 Å². The number of carbonyl (C=O) groups excluding carboxylic acids is 3. The first-order chi connectivity index (χ1) is 13.9. The van der Waals surface area contributed by atoms with Gasteiger partial charge in [0.15, 0.2) is 6.17 Å². The summed E-state index contributed by atoms with van der Waals surface area (Å²) in [6.07, 6.45) is -1.15. The smallest absolute Gasteiger partial charge is 0.263 e. The summed E-state index contributed by atoms with van der Waals surface area (Å²) in [6, 6.07) is 12.0. The topological polar surface area (TPSA) is 95.7 Å². The van der Waals surface area contributed by atoms with Crippen molar-refractivity contribution in [2.75, 3.05) is 26.2 Å². The lowest BCUT2D eigenvalue weighted by molar-refractivity contribution is -0.128. The van der Waals surface area contributed by atoms with Crippen molar-refractivity contribution in [2.45, 2.75) is 6.17 Å². The fourth-order valence-electron chi connectivity index (χ4n) is 3.20. The van der Waals surface area contributed by atoms with Crippen LogP contribution in [0.15, 0.2) is 53.0 Å². The Morgan fingerprint density at radius 2 is 1.62 bits per heavy atom. The van der Waals surface area contributed by atoms with Gasteiger partial charge in [0.1, 0.15) is 5.82 Å². The zero-order valence-corrected chi connectivity index (χ0v) is 17.1. The summed E-state index contributed by atoms with van der Waals surface area (Å²) >= 11 is 3.33. The molecule has 2 aromatic carbocycles. The molecule has 1 fully saturated rings. The van der Waals surface area contributed by atoms with E-state index in [4.69, 9.17) is 5.73 Å². The Bertz CT molecular complexity index is 874. The molecule has 1 aliphatic rings. The van der Waals surface area contributed by atoms with Gasteiger partial charge in [-0.05, 0) is 36.4 Å². The highest BCUT2D eigenvalue weighted by atomic mass is 79.9. The Hall–Kier alpha value is -2.78. The standard InChI is InChI=1S/C20H20BrFN4O3/c21-15-5-1-3-13(11-15)19(28)25-9-10-26(18(25)17(27)24-8-7-23)20(29)14-4-2-6-16(22)12-14/h1-6,11-12,18H,7-10,23H2,(H,24,27). The van der Waals surface area contributed by atoms with Crippen molar-refractivity contribution in [1.29, 1.82) is 0 Å². The molecule has 152 valence electrons. The van der Waals surface area contributed by atoms with Gasteiger partial charge in [0.05, 0.1) is 0 Å². The van der Waals surface area contributed by atoms with E-state index in [1.165, 1.54) is 28.0 Å². The average Bonchev–Trinajstić information content (AvgIpc) is 3.16. The molecule has 2 aromatic rings. The first-order valence-electron chi connectivity index (χ1n) is 9.03. The monoisotopic (exact) mass is 462 g/mol. The molecule has 3 N–H and O–H groups in total. The van der Waals surface area contributed by atoms with Gasteiger partial charge in [-0.2, -0.15) is 0 Å². The summed E-state index contributed by atoms with van der Waals surface area (Å²) in [5, 5.41) is 2.63. The van der Waals surface area contributed by atoms with Crippen LogP contribution in [-0.2, 0) is 4.79 Å². The lowest BCUT2D eigenvalue weighted by atomic mass is 10.1. The predicted molar refractivity (Wildman–Crippen MR) is 108 cm³/mol. The molecule has 0 saturated carbocycles. The van der Waals surface area contributed by atoms with Crippen LogP contribution in [0.25, 0.3) is 0 Å². The summed E-state index contributed by atoms with van der Waals surface area (Å²) in [6.45, 7) is 0.745. The first-order valence-corrected chi connectivity index (χ1v) is 9.82. The third kappa shape index (κ3) is 4.63. The van der Waals surface area contributed by atoms with Gasteiger partial charge >= 0.3 is 0 Å². The molecule has 9 heteroatoms. The van der Waals surface area contributed by atoms with E-state index in [0.29, 0.717) is 5.56 Å². The number of benzene rings is 2. The van der Waals surface area contributed by atoms with E-state index in [1.807, 2.05) is 0 Å². The molecule has 1 heterocycles. The van der Waals surface area contributed by atoms with Gasteiger partial charge in [0.2, 0.25) is 0 Å². The summed E-state index contributed by atoms with van der Waals surface area (Å²) in [5.41, 5.74) is 5.95. The highest BCUT2D eigenvalue weighted by Crippen LogP contribution is 2.22. The van der Waals surface area contributed by atoms with E-state index in [1.54, 1.807) is 24.3 Å². The van der Waals surface area contributed by atoms with Crippen LogP contribution >= 0.6 is 15.9 Å². The maximum absolute atomic E-state index is 13.6. The Morgan fingerprint density at radius 1 is 1.03 bits per heavy atom. The zero-order valence-electron chi connectivity index (χ0n) is 15.5. The number of hydrogen-bond donors (Lipinski definition) is 2. The van der Waals surface area contributed by atoms with Crippen LogP contribution in [0.4, 0.5) is 4.39 Å². The lowest BCUT2D eigenvalue weighted by Gasteiger charge is -2.29. The number of nitrogens with two attached hydrogens (primary N) is 1. The van der Waals surface area contributed by atoms with Gasteiger partial charge in [-0.1, -0.05) is 28.1 Å². The second-order valence-corrected chi connectivity index (χ2v) is 7.39. The van der Waals surface area contributed by atoms with Crippen LogP contribution < -0.4 is 11.1 Å². The number of nitrogens with zero attached hydrogens (tertiary/aromatic N) is 2. The van der Waals surface area contributed by atoms with Crippen LogP contribution in [0.3, 0.4) is 0 Å². The Morgan fingerprint density at radius 3 is 2.17 bits per heavy atom. The Labute approximate surface area is 175 Å². The van der Waals surface area contributed by atoms with Crippen LogP contribution in [-0.4, -0.2) is 59.9 Å². The lowest BCUT2D eigenvalue weighted by Crippen LogP contribution is -2.54.